The average molecular weight is 256 g/mol. The smallest absolute Gasteiger partial charge is 0.335 e. The van der Waals surface area contributed by atoms with Gasteiger partial charge >= 0.3 is 5.97 Å². The summed E-state index contributed by atoms with van der Waals surface area (Å²) in [7, 11) is 0. The van der Waals surface area contributed by atoms with Crippen LogP contribution >= 0.6 is 0 Å². The quantitative estimate of drug-likeness (QED) is 0.876. The molecule has 5 heteroatoms. The van der Waals surface area contributed by atoms with E-state index in [0.717, 1.165) is 0 Å². The number of pyridine rings is 1. The third kappa shape index (κ3) is 3.64. The Morgan fingerprint density at radius 1 is 1.11 bits per heavy atom. The summed E-state index contributed by atoms with van der Waals surface area (Å²) < 4.78 is 0. The molecule has 5 nitrogen and oxygen atoms in total. The minimum Gasteiger partial charge on any atom is -0.478 e. The van der Waals surface area contributed by atoms with Crippen LogP contribution in [0.25, 0.3) is 0 Å². The van der Waals surface area contributed by atoms with Gasteiger partial charge in [-0.2, -0.15) is 0 Å². The molecular weight excluding hydrogens is 244 g/mol. The number of carboxylic acid groups (broad SMARTS) is 1. The van der Waals surface area contributed by atoms with Crippen molar-refractivity contribution < 1.29 is 14.7 Å². The summed E-state index contributed by atoms with van der Waals surface area (Å²) in [5.74, 6) is -1.19. The van der Waals surface area contributed by atoms with E-state index in [9.17, 15) is 9.59 Å². The average Bonchev–Trinajstić information content (AvgIpc) is 2.40. The number of benzene rings is 1. The Morgan fingerprint density at radius 2 is 1.84 bits per heavy atom. The molecule has 0 saturated heterocycles. The van der Waals surface area contributed by atoms with Crippen LogP contribution in [0.5, 0.6) is 0 Å². The maximum atomic E-state index is 11.7. The zero-order valence-electron chi connectivity index (χ0n) is 10.0. The highest BCUT2D eigenvalue weighted by Gasteiger charge is 2.06. The van der Waals surface area contributed by atoms with Crippen LogP contribution in [0.4, 0.5) is 5.69 Å². The lowest BCUT2D eigenvalue weighted by Crippen LogP contribution is -2.15. The van der Waals surface area contributed by atoms with E-state index in [-0.39, 0.29) is 17.9 Å². The lowest BCUT2D eigenvalue weighted by Gasteiger charge is -2.05. The van der Waals surface area contributed by atoms with Crippen LogP contribution in [-0.4, -0.2) is 22.0 Å². The minimum absolute atomic E-state index is 0.182. The molecule has 2 aromatic rings. The van der Waals surface area contributed by atoms with Crippen molar-refractivity contribution in [1.82, 2.24) is 4.98 Å². The SMILES string of the molecule is O=C(Cc1ccccn1)Nc1ccc(C(=O)O)cc1. The van der Waals surface area contributed by atoms with E-state index in [1.54, 1.807) is 30.5 Å². The number of amides is 1. The van der Waals surface area contributed by atoms with Crippen molar-refractivity contribution in [2.24, 2.45) is 0 Å². The van der Waals surface area contributed by atoms with Gasteiger partial charge in [0, 0.05) is 17.6 Å². The third-order valence-corrected chi connectivity index (χ3v) is 2.48. The number of nitrogens with one attached hydrogen (secondary N) is 1. The van der Waals surface area contributed by atoms with Gasteiger partial charge in [0.2, 0.25) is 5.91 Å². The summed E-state index contributed by atoms with van der Waals surface area (Å²) >= 11 is 0. The van der Waals surface area contributed by atoms with Crippen molar-refractivity contribution in [3.05, 3.63) is 59.9 Å². The summed E-state index contributed by atoms with van der Waals surface area (Å²) in [6, 6.07) is 11.4. The fourth-order valence-corrected chi connectivity index (χ4v) is 1.57. The van der Waals surface area contributed by atoms with Gasteiger partial charge in [0.05, 0.1) is 12.0 Å². The van der Waals surface area contributed by atoms with Crippen LogP contribution < -0.4 is 5.32 Å². The predicted molar refractivity (Wildman–Crippen MR) is 70.0 cm³/mol. The van der Waals surface area contributed by atoms with Gasteiger partial charge in [-0.15, -0.1) is 0 Å². The Kier molecular flexibility index (Phi) is 3.87. The monoisotopic (exact) mass is 256 g/mol. The fraction of sp³-hybridized carbons (Fsp3) is 0.0714. The normalized spacial score (nSPS) is 9.89. The molecule has 0 unspecified atom stereocenters. The number of rotatable bonds is 4. The van der Waals surface area contributed by atoms with Crippen LogP contribution in [0.2, 0.25) is 0 Å². The molecule has 0 spiro atoms. The van der Waals surface area contributed by atoms with Crippen molar-refractivity contribution in [2.45, 2.75) is 6.42 Å². The van der Waals surface area contributed by atoms with Crippen molar-refractivity contribution in [1.29, 1.82) is 0 Å². The molecule has 2 N–H and O–H groups in total. The van der Waals surface area contributed by atoms with Crippen LogP contribution in [0, 0.1) is 0 Å². The first-order valence-electron chi connectivity index (χ1n) is 5.68. The largest absolute Gasteiger partial charge is 0.478 e. The summed E-state index contributed by atoms with van der Waals surface area (Å²) in [6.07, 6.45) is 1.81. The van der Waals surface area contributed by atoms with Crippen LogP contribution in [0.1, 0.15) is 16.1 Å². The fourth-order valence-electron chi connectivity index (χ4n) is 1.57. The number of aromatic carboxylic acids is 1. The van der Waals surface area contributed by atoms with Crippen LogP contribution in [-0.2, 0) is 11.2 Å². The lowest BCUT2D eigenvalue weighted by atomic mass is 10.2. The maximum Gasteiger partial charge on any atom is 0.335 e. The summed E-state index contributed by atoms with van der Waals surface area (Å²) in [5.41, 5.74) is 1.43. The molecule has 0 aliphatic rings. The summed E-state index contributed by atoms with van der Waals surface area (Å²) in [5, 5.41) is 11.4. The number of nitrogens with zero attached hydrogens (tertiary/aromatic N) is 1. The Labute approximate surface area is 109 Å². The summed E-state index contributed by atoms with van der Waals surface area (Å²) in [4.78, 5) is 26.5. The molecule has 0 aliphatic heterocycles. The van der Waals surface area contributed by atoms with E-state index in [2.05, 4.69) is 10.3 Å². The van der Waals surface area contributed by atoms with E-state index in [1.165, 1.54) is 12.1 Å². The topological polar surface area (TPSA) is 79.3 Å². The molecule has 1 heterocycles. The summed E-state index contributed by atoms with van der Waals surface area (Å²) in [6.45, 7) is 0. The van der Waals surface area contributed by atoms with Gasteiger partial charge in [0.1, 0.15) is 0 Å². The molecule has 96 valence electrons. The molecule has 1 amide bonds. The van der Waals surface area contributed by atoms with Gasteiger partial charge in [-0.05, 0) is 36.4 Å². The Balaban J connectivity index is 1.97. The Bertz CT molecular complexity index is 579. The number of aromatic nitrogens is 1. The maximum absolute atomic E-state index is 11.7. The molecular formula is C14H12N2O3. The number of anilines is 1. The zero-order chi connectivity index (χ0) is 13.7. The van der Waals surface area contributed by atoms with Gasteiger partial charge < -0.3 is 10.4 Å². The standard InChI is InChI=1S/C14H12N2O3/c17-13(9-12-3-1-2-8-15-12)16-11-6-4-10(5-7-11)14(18)19/h1-8H,9H2,(H,16,17)(H,18,19). The van der Waals surface area contributed by atoms with E-state index >= 15 is 0 Å². The Morgan fingerprint density at radius 3 is 2.42 bits per heavy atom. The van der Waals surface area contributed by atoms with Gasteiger partial charge in [0.15, 0.2) is 0 Å². The molecule has 0 bridgehead atoms. The van der Waals surface area contributed by atoms with Gasteiger partial charge in [-0.1, -0.05) is 6.07 Å². The first-order valence-corrected chi connectivity index (χ1v) is 5.68. The second-order valence-electron chi connectivity index (χ2n) is 3.93. The van der Waals surface area contributed by atoms with E-state index in [0.29, 0.717) is 11.4 Å². The second kappa shape index (κ2) is 5.77. The van der Waals surface area contributed by atoms with Crippen LogP contribution in [0.15, 0.2) is 48.7 Å². The third-order valence-electron chi connectivity index (χ3n) is 2.48. The minimum atomic E-state index is -0.994. The number of carbonyl (C=O) groups is 2. The molecule has 1 aromatic carbocycles. The molecule has 0 fully saturated rings. The zero-order valence-corrected chi connectivity index (χ0v) is 10.0. The number of carboxylic acids is 1. The van der Waals surface area contributed by atoms with Gasteiger partial charge in [-0.3, -0.25) is 9.78 Å². The van der Waals surface area contributed by atoms with Crippen molar-refractivity contribution in [3.8, 4) is 0 Å². The first kappa shape index (κ1) is 12.8. The molecule has 19 heavy (non-hydrogen) atoms. The highest BCUT2D eigenvalue weighted by Crippen LogP contribution is 2.10. The Hall–Kier alpha value is -2.69. The molecule has 2 rings (SSSR count). The number of hydrogen-bond acceptors (Lipinski definition) is 3. The van der Waals surface area contributed by atoms with Crippen molar-refractivity contribution in [3.63, 3.8) is 0 Å². The molecule has 1 aromatic heterocycles. The predicted octanol–water partition coefficient (Wildman–Crippen LogP) is 1.96. The molecule has 0 saturated carbocycles. The van der Waals surface area contributed by atoms with Crippen molar-refractivity contribution in [2.75, 3.05) is 5.32 Å². The van der Waals surface area contributed by atoms with E-state index in [4.69, 9.17) is 5.11 Å². The number of carbonyl (C=O) groups excluding carboxylic acids is 1. The molecule has 0 radical (unpaired) electrons. The molecule has 0 aliphatic carbocycles. The van der Waals surface area contributed by atoms with Gasteiger partial charge in [0.25, 0.3) is 0 Å². The first-order chi connectivity index (χ1) is 9.15. The highest BCUT2D eigenvalue weighted by molar-refractivity contribution is 5.93. The molecule has 0 atom stereocenters. The van der Waals surface area contributed by atoms with E-state index in [1.807, 2.05) is 6.07 Å². The van der Waals surface area contributed by atoms with Gasteiger partial charge in [-0.25, -0.2) is 4.79 Å². The second-order valence-corrected chi connectivity index (χ2v) is 3.93. The van der Waals surface area contributed by atoms with Crippen molar-refractivity contribution >= 4 is 17.6 Å². The number of hydrogen-bond donors (Lipinski definition) is 2. The highest BCUT2D eigenvalue weighted by atomic mass is 16.4. The lowest BCUT2D eigenvalue weighted by molar-refractivity contribution is -0.115. The van der Waals surface area contributed by atoms with E-state index < -0.39 is 5.97 Å². The van der Waals surface area contributed by atoms with Crippen LogP contribution in [0.3, 0.4) is 0 Å².